The van der Waals surface area contributed by atoms with Crippen LogP contribution in [-0.4, -0.2) is 27.0 Å². The molecule has 0 spiro atoms. The minimum atomic E-state index is -1.26. The fourth-order valence-electron chi connectivity index (χ4n) is 2.58. The molecule has 3 amide bonds. The lowest BCUT2D eigenvalue weighted by molar-refractivity contribution is -0.131. The molecular weight excluding hydrogens is 327 g/mol. The smallest absolute Gasteiger partial charge is 0.325 e. The lowest BCUT2D eigenvalue weighted by Crippen LogP contribution is -2.40. The van der Waals surface area contributed by atoms with Crippen molar-refractivity contribution in [3.8, 4) is 0 Å². The fourth-order valence-corrected chi connectivity index (χ4v) is 2.58. The maximum absolute atomic E-state index is 13.1. The molecule has 1 aromatic carbocycles. The summed E-state index contributed by atoms with van der Waals surface area (Å²) in [5.41, 5.74) is -1.09. The van der Waals surface area contributed by atoms with Crippen LogP contribution >= 0.6 is 0 Å². The van der Waals surface area contributed by atoms with E-state index in [4.69, 9.17) is 4.52 Å². The number of carbonyl (C=O) groups is 2. The second-order valence-electron chi connectivity index (χ2n) is 7.22. The first-order valence-electron chi connectivity index (χ1n) is 7.84. The van der Waals surface area contributed by atoms with E-state index < -0.39 is 23.3 Å². The minimum absolute atomic E-state index is 0.0962. The number of halogens is 1. The monoisotopic (exact) mass is 346 g/mol. The summed E-state index contributed by atoms with van der Waals surface area (Å²) in [4.78, 5) is 30.3. The van der Waals surface area contributed by atoms with Crippen molar-refractivity contribution in [1.82, 2.24) is 20.4 Å². The topological polar surface area (TPSA) is 88.3 Å². The predicted octanol–water partition coefficient (Wildman–Crippen LogP) is 2.47. The molecule has 132 valence electrons. The SMILES string of the molecule is CC(C)(C)c1nc(CN2C(=O)N[C@](C)(c3ccc(F)cc3)C2=O)no1. The summed E-state index contributed by atoms with van der Waals surface area (Å²) in [7, 11) is 0. The average Bonchev–Trinajstić information content (AvgIpc) is 3.08. The number of rotatable bonds is 3. The number of urea groups is 1. The molecule has 0 aliphatic carbocycles. The number of carbonyl (C=O) groups excluding carboxylic acids is 2. The normalized spacial score (nSPS) is 20.9. The molecule has 25 heavy (non-hydrogen) atoms. The Morgan fingerprint density at radius 3 is 2.44 bits per heavy atom. The number of nitrogens with zero attached hydrogens (tertiary/aromatic N) is 3. The van der Waals surface area contributed by atoms with Gasteiger partial charge in [0.05, 0.1) is 6.54 Å². The standard InChI is InChI=1S/C17H19FN4O3/c1-16(2,3)13-19-12(21-25-13)9-22-14(23)17(4,20-15(22)24)10-5-7-11(18)8-6-10/h5-8H,9H2,1-4H3,(H,20,24)/t17-/m1/s1. The second kappa shape index (κ2) is 5.65. The Labute approximate surface area is 144 Å². The van der Waals surface area contributed by atoms with Crippen molar-refractivity contribution in [2.24, 2.45) is 0 Å². The van der Waals surface area contributed by atoms with Crippen LogP contribution in [0.1, 0.15) is 45.0 Å². The maximum Gasteiger partial charge on any atom is 0.325 e. The first-order valence-corrected chi connectivity index (χ1v) is 7.84. The number of hydrogen-bond acceptors (Lipinski definition) is 5. The van der Waals surface area contributed by atoms with Gasteiger partial charge in [0.1, 0.15) is 11.4 Å². The molecule has 0 radical (unpaired) electrons. The number of benzene rings is 1. The number of amides is 3. The van der Waals surface area contributed by atoms with Gasteiger partial charge in [-0.3, -0.25) is 9.69 Å². The Hall–Kier alpha value is -2.77. The van der Waals surface area contributed by atoms with E-state index in [1.807, 2.05) is 20.8 Å². The molecule has 1 fully saturated rings. The molecule has 1 atom stereocenters. The van der Waals surface area contributed by atoms with Gasteiger partial charge < -0.3 is 9.84 Å². The molecule has 1 aliphatic rings. The largest absolute Gasteiger partial charge is 0.339 e. The molecule has 0 bridgehead atoms. The Kier molecular flexibility index (Phi) is 3.85. The van der Waals surface area contributed by atoms with Crippen LogP contribution in [0.25, 0.3) is 0 Å². The van der Waals surface area contributed by atoms with E-state index in [1.165, 1.54) is 24.3 Å². The minimum Gasteiger partial charge on any atom is -0.339 e. The Morgan fingerprint density at radius 2 is 1.88 bits per heavy atom. The van der Waals surface area contributed by atoms with Gasteiger partial charge in [0.2, 0.25) is 5.89 Å². The first kappa shape index (κ1) is 17.1. The Morgan fingerprint density at radius 1 is 1.24 bits per heavy atom. The zero-order valence-electron chi connectivity index (χ0n) is 14.5. The molecule has 1 aliphatic heterocycles. The summed E-state index contributed by atoms with van der Waals surface area (Å²) in [6.45, 7) is 7.25. The van der Waals surface area contributed by atoms with Gasteiger partial charge in [0, 0.05) is 5.41 Å². The molecule has 8 heteroatoms. The maximum atomic E-state index is 13.1. The molecule has 0 saturated carbocycles. The van der Waals surface area contributed by atoms with Gasteiger partial charge in [-0.2, -0.15) is 4.98 Å². The van der Waals surface area contributed by atoms with Crippen LogP contribution in [0.4, 0.5) is 9.18 Å². The predicted molar refractivity (Wildman–Crippen MR) is 85.8 cm³/mol. The molecule has 1 saturated heterocycles. The summed E-state index contributed by atoms with van der Waals surface area (Å²) in [6, 6.07) is 4.89. The number of aromatic nitrogens is 2. The van der Waals surface area contributed by atoms with E-state index >= 15 is 0 Å². The van der Waals surface area contributed by atoms with Crippen molar-refractivity contribution >= 4 is 11.9 Å². The third kappa shape index (κ3) is 2.99. The van der Waals surface area contributed by atoms with Gasteiger partial charge in [-0.05, 0) is 24.6 Å². The molecule has 1 N–H and O–H groups in total. The number of hydrogen-bond donors (Lipinski definition) is 1. The highest BCUT2D eigenvalue weighted by molar-refractivity contribution is 6.07. The summed E-state index contributed by atoms with van der Waals surface area (Å²) < 4.78 is 18.3. The third-order valence-corrected chi connectivity index (χ3v) is 4.11. The molecular formula is C17H19FN4O3. The zero-order valence-corrected chi connectivity index (χ0v) is 14.5. The second-order valence-corrected chi connectivity index (χ2v) is 7.22. The lowest BCUT2D eigenvalue weighted by Gasteiger charge is -2.21. The highest BCUT2D eigenvalue weighted by atomic mass is 19.1. The van der Waals surface area contributed by atoms with Gasteiger partial charge in [-0.1, -0.05) is 38.1 Å². The van der Waals surface area contributed by atoms with Gasteiger partial charge in [-0.15, -0.1) is 0 Å². The average molecular weight is 346 g/mol. The molecule has 2 aromatic rings. The van der Waals surface area contributed by atoms with Crippen molar-refractivity contribution in [1.29, 1.82) is 0 Å². The van der Waals surface area contributed by atoms with Crippen molar-refractivity contribution in [3.05, 3.63) is 47.4 Å². The molecule has 1 aromatic heterocycles. The van der Waals surface area contributed by atoms with Crippen LogP contribution in [0.3, 0.4) is 0 Å². The molecule has 0 unspecified atom stereocenters. The first-order chi connectivity index (χ1) is 11.6. The highest BCUT2D eigenvalue weighted by Crippen LogP contribution is 2.30. The zero-order chi connectivity index (χ0) is 18.4. The van der Waals surface area contributed by atoms with Crippen LogP contribution in [-0.2, 0) is 22.3 Å². The number of imide groups is 1. The molecule has 7 nitrogen and oxygen atoms in total. The van der Waals surface area contributed by atoms with Crippen molar-refractivity contribution in [2.45, 2.75) is 45.2 Å². The van der Waals surface area contributed by atoms with Crippen LogP contribution in [0.2, 0.25) is 0 Å². The van der Waals surface area contributed by atoms with E-state index in [9.17, 15) is 14.0 Å². The quantitative estimate of drug-likeness (QED) is 0.863. The third-order valence-electron chi connectivity index (χ3n) is 4.11. The lowest BCUT2D eigenvalue weighted by atomic mass is 9.92. The van der Waals surface area contributed by atoms with Crippen molar-refractivity contribution < 1.29 is 18.5 Å². The highest BCUT2D eigenvalue weighted by Gasteiger charge is 2.49. The summed E-state index contributed by atoms with van der Waals surface area (Å²) in [5.74, 6) is -0.193. The van der Waals surface area contributed by atoms with Crippen LogP contribution < -0.4 is 5.32 Å². The van der Waals surface area contributed by atoms with Gasteiger partial charge in [-0.25, -0.2) is 9.18 Å². The number of nitrogens with one attached hydrogen (secondary N) is 1. The Bertz CT molecular complexity index is 825. The molecule has 3 rings (SSSR count). The van der Waals surface area contributed by atoms with Crippen molar-refractivity contribution in [3.63, 3.8) is 0 Å². The summed E-state index contributed by atoms with van der Waals surface area (Å²) in [6.07, 6.45) is 0. The van der Waals surface area contributed by atoms with E-state index in [2.05, 4.69) is 15.5 Å². The summed E-state index contributed by atoms with van der Waals surface area (Å²) in [5, 5.41) is 6.49. The molecule has 2 heterocycles. The van der Waals surface area contributed by atoms with Crippen molar-refractivity contribution in [2.75, 3.05) is 0 Å². The van der Waals surface area contributed by atoms with E-state index in [0.717, 1.165) is 4.90 Å². The van der Waals surface area contributed by atoms with Crippen LogP contribution in [0.15, 0.2) is 28.8 Å². The van der Waals surface area contributed by atoms with E-state index in [-0.39, 0.29) is 17.8 Å². The Balaban J connectivity index is 1.84. The van der Waals surface area contributed by atoms with Gasteiger partial charge >= 0.3 is 6.03 Å². The van der Waals surface area contributed by atoms with Gasteiger partial charge in [0.15, 0.2) is 5.82 Å². The van der Waals surface area contributed by atoms with E-state index in [0.29, 0.717) is 11.5 Å². The van der Waals surface area contributed by atoms with E-state index in [1.54, 1.807) is 6.92 Å². The summed E-state index contributed by atoms with van der Waals surface area (Å²) >= 11 is 0. The van der Waals surface area contributed by atoms with Crippen LogP contribution in [0, 0.1) is 5.82 Å². The van der Waals surface area contributed by atoms with Crippen LogP contribution in [0.5, 0.6) is 0 Å². The fraction of sp³-hybridized carbons (Fsp3) is 0.412. The van der Waals surface area contributed by atoms with Gasteiger partial charge in [0.25, 0.3) is 5.91 Å².